The summed E-state index contributed by atoms with van der Waals surface area (Å²) in [5, 5.41) is 8.37. The summed E-state index contributed by atoms with van der Waals surface area (Å²) >= 11 is 6.26. The van der Waals surface area contributed by atoms with Crippen molar-refractivity contribution in [2.24, 2.45) is 0 Å². The molecule has 5 rings (SSSR count). The number of carbonyl (C=O) groups excluding carboxylic acids is 1. The van der Waals surface area contributed by atoms with Crippen LogP contribution in [-0.2, 0) is 40.9 Å². The van der Waals surface area contributed by atoms with Gasteiger partial charge in [0.15, 0.2) is 0 Å². The molecule has 0 atom stereocenters. The van der Waals surface area contributed by atoms with Crippen LogP contribution >= 0.6 is 11.6 Å². The minimum atomic E-state index is -4.13. The highest BCUT2D eigenvalue weighted by molar-refractivity contribution is 7.89. The number of aryl methyl sites for hydroxylation is 1. The zero-order valence-electron chi connectivity index (χ0n) is 24.7. The largest absolute Gasteiger partial charge is 0.497 e. The summed E-state index contributed by atoms with van der Waals surface area (Å²) in [7, 11) is -0.968. The number of sulfonamides is 1. The first kappa shape index (κ1) is 31.1. The Morgan fingerprint density at radius 2 is 1.50 bits per heavy atom. The minimum Gasteiger partial charge on any atom is -0.497 e. The van der Waals surface area contributed by atoms with Crippen molar-refractivity contribution in [2.75, 3.05) is 19.5 Å². The Hall–Kier alpha value is -4.38. The first-order valence-electron chi connectivity index (χ1n) is 14.0. The number of aromatic nitrogens is 2. The van der Waals surface area contributed by atoms with Gasteiger partial charge in [0.2, 0.25) is 15.9 Å². The zero-order valence-corrected chi connectivity index (χ0v) is 26.2. The number of nitrogens with zero attached hydrogens (tertiary/aromatic N) is 3. The molecule has 44 heavy (non-hydrogen) atoms. The summed E-state index contributed by atoms with van der Waals surface area (Å²) in [4.78, 5) is 13.1. The number of halogens is 1. The third-order valence-electron chi connectivity index (χ3n) is 7.20. The van der Waals surface area contributed by atoms with Crippen LogP contribution in [0.2, 0.25) is 5.02 Å². The van der Waals surface area contributed by atoms with E-state index in [0.29, 0.717) is 45.2 Å². The fourth-order valence-electron chi connectivity index (χ4n) is 4.84. The monoisotopic (exact) mass is 632 g/mol. The van der Waals surface area contributed by atoms with E-state index in [1.165, 1.54) is 10.4 Å². The van der Waals surface area contributed by atoms with E-state index in [4.69, 9.17) is 21.1 Å². The Balaban J connectivity index is 1.55. The average Bonchev–Trinajstić information content (AvgIpc) is 3.45. The van der Waals surface area contributed by atoms with Crippen molar-refractivity contribution < 1.29 is 22.7 Å². The molecule has 228 valence electrons. The van der Waals surface area contributed by atoms with Crippen molar-refractivity contribution in [3.63, 3.8) is 0 Å². The van der Waals surface area contributed by atoms with Gasteiger partial charge in [0, 0.05) is 41.9 Å². The lowest BCUT2D eigenvalue weighted by Gasteiger charge is -2.23. The summed E-state index contributed by atoms with van der Waals surface area (Å²) in [5.74, 6) is 1.02. The van der Waals surface area contributed by atoms with E-state index >= 15 is 0 Å². The third kappa shape index (κ3) is 7.05. The van der Waals surface area contributed by atoms with Crippen LogP contribution in [-0.4, -0.2) is 42.6 Å². The van der Waals surface area contributed by atoms with Gasteiger partial charge in [-0.2, -0.15) is 9.40 Å². The van der Waals surface area contributed by atoms with Gasteiger partial charge in [0.05, 0.1) is 31.1 Å². The Bertz CT molecular complexity index is 1820. The van der Waals surface area contributed by atoms with Crippen molar-refractivity contribution in [2.45, 2.75) is 37.9 Å². The molecular formula is C33H33ClN4O5S. The zero-order chi connectivity index (χ0) is 31.3. The number of benzene rings is 4. The molecule has 0 aliphatic carbocycles. The molecule has 0 bridgehead atoms. The van der Waals surface area contributed by atoms with E-state index in [0.717, 1.165) is 11.1 Å². The molecule has 0 aliphatic heterocycles. The fourth-order valence-corrected chi connectivity index (χ4v) is 6.67. The molecule has 5 aromatic rings. The van der Waals surface area contributed by atoms with Crippen LogP contribution < -0.4 is 14.8 Å². The van der Waals surface area contributed by atoms with E-state index in [9.17, 15) is 13.2 Å². The Labute approximate surface area is 262 Å². The average molecular weight is 633 g/mol. The second-order valence-electron chi connectivity index (χ2n) is 10.2. The van der Waals surface area contributed by atoms with Gasteiger partial charge in [-0.3, -0.25) is 9.48 Å². The van der Waals surface area contributed by atoms with Crippen LogP contribution in [0.25, 0.3) is 10.9 Å². The molecule has 0 unspecified atom stereocenters. The molecule has 1 N–H and O–H groups in total. The number of amides is 1. The van der Waals surface area contributed by atoms with Crippen molar-refractivity contribution in [1.29, 1.82) is 0 Å². The molecule has 0 radical (unpaired) electrons. The number of nitrogens with one attached hydrogen (secondary N) is 1. The van der Waals surface area contributed by atoms with Crippen molar-refractivity contribution >= 4 is 44.1 Å². The summed E-state index contributed by atoms with van der Waals surface area (Å²) in [6.07, 6.45) is 1.75. The van der Waals surface area contributed by atoms with E-state index in [1.807, 2.05) is 37.3 Å². The smallest absolute Gasteiger partial charge is 0.244 e. The van der Waals surface area contributed by atoms with E-state index in [2.05, 4.69) is 10.4 Å². The van der Waals surface area contributed by atoms with Crippen LogP contribution in [0, 0.1) is 0 Å². The lowest BCUT2D eigenvalue weighted by atomic mass is 10.1. The topological polar surface area (TPSA) is 103 Å². The lowest BCUT2D eigenvalue weighted by Crippen LogP contribution is -2.30. The second-order valence-corrected chi connectivity index (χ2v) is 12.5. The lowest BCUT2D eigenvalue weighted by molar-refractivity contribution is -0.115. The Morgan fingerprint density at radius 1 is 0.909 bits per heavy atom. The highest BCUT2D eigenvalue weighted by Crippen LogP contribution is 2.32. The molecule has 11 heteroatoms. The molecular weight excluding hydrogens is 600 g/mol. The second kappa shape index (κ2) is 13.5. The van der Waals surface area contributed by atoms with Crippen molar-refractivity contribution in [1.82, 2.24) is 14.1 Å². The van der Waals surface area contributed by atoms with E-state index in [1.54, 1.807) is 73.6 Å². The van der Waals surface area contributed by atoms with Gasteiger partial charge in [-0.05, 0) is 66.1 Å². The van der Waals surface area contributed by atoms with Crippen LogP contribution in [0.5, 0.6) is 11.5 Å². The van der Waals surface area contributed by atoms with E-state index < -0.39 is 10.0 Å². The standard InChI is InChI=1S/C33H33ClN4O5S/c1-4-37-22-29-31(36-37)18-26(35-33(39)17-25-7-5-6-8-30(25)34)19-32(29)44(40,41)38(20-23-9-13-27(42-2)14-10-23)21-24-11-15-28(43-3)16-12-24/h5-16,18-19,22H,4,17,20-21H2,1-3H3,(H,35,39). The maximum absolute atomic E-state index is 14.6. The summed E-state index contributed by atoms with van der Waals surface area (Å²) in [6.45, 7) is 2.67. The summed E-state index contributed by atoms with van der Waals surface area (Å²) in [6, 6.07) is 24.8. The number of hydrogen-bond donors (Lipinski definition) is 1. The fraction of sp³-hybridized carbons (Fsp3) is 0.212. The number of ether oxygens (including phenoxy) is 2. The SMILES string of the molecule is CCn1cc2c(S(=O)(=O)N(Cc3ccc(OC)cc3)Cc3ccc(OC)cc3)cc(NC(=O)Cc3ccccc3Cl)cc2n1. The highest BCUT2D eigenvalue weighted by atomic mass is 35.5. The van der Waals surface area contributed by atoms with Crippen molar-refractivity contribution in [3.05, 3.63) is 113 Å². The van der Waals surface area contributed by atoms with Gasteiger partial charge in [-0.1, -0.05) is 54.1 Å². The number of anilines is 1. The van der Waals surface area contributed by atoms with Crippen LogP contribution in [0.1, 0.15) is 23.6 Å². The van der Waals surface area contributed by atoms with Gasteiger partial charge in [-0.15, -0.1) is 0 Å². The van der Waals surface area contributed by atoms with Gasteiger partial charge in [-0.25, -0.2) is 8.42 Å². The summed E-state index contributed by atoms with van der Waals surface area (Å²) < 4.78 is 42.8. The number of carbonyl (C=O) groups is 1. The Kier molecular flexibility index (Phi) is 9.53. The van der Waals surface area contributed by atoms with Crippen LogP contribution in [0.3, 0.4) is 0 Å². The molecule has 1 aromatic heterocycles. The van der Waals surface area contributed by atoms with Gasteiger partial charge < -0.3 is 14.8 Å². The molecule has 9 nitrogen and oxygen atoms in total. The first-order chi connectivity index (χ1) is 21.2. The molecule has 0 spiro atoms. The third-order valence-corrected chi connectivity index (χ3v) is 9.41. The maximum atomic E-state index is 14.6. The quantitative estimate of drug-likeness (QED) is 0.173. The molecule has 1 heterocycles. The molecule has 1 amide bonds. The minimum absolute atomic E-state index is 0.0320. The molecule has 4 aromatic carbocycles. The van der Waals surface area contributed by atoms with Crippen LogP contribution in [0.4, 0.5) is 5.69 Å². The molecule has 0 saturated carbocycles. The van der Waals surface area contributed by atoms with Gasteiger partial charge in [0.1, 0.15) is 11.5 Å². The predicted molar refractivity (Wildman–Crippen MR) is 172 cm³/mol. The van der Waals surface area contributed by atoms with Gasteiger partial charge >= 0.3 is 0 Å². The number of hydrogen-bond acceptors (Lipinski definition) is 6. The molecule has 0 aliphatic rings. The Morgan fingerprint density at radius 3 is 2.05 bits per heavy atom. The highest BCUT2D eigenvalue weighted by Gasteiger charge is 2.29. The summed E-state index contributed by atoms with van der Waals surface area (Å²) in [5.41, 5.74) is 3.01. The van der Waals surface area contributed by atoms with Gasteiger partial charge in [0.25, 0.3) is 0 Å². The molecule has 0 saturated heterocycles. The van der Waals surface area contributed by atoms with Crippen LogP contribution in [0.15, 0.2) is 96.0 Å². The maximum Gasteiger partial charge on any atom is 0.244 e. The van der Waals surface area contributed by atoms with E-state index in [-0.39, 0.29) is 30.3 Å². The predicted octanol–water partition coefficient (Wildman–Crippen LogP) is 6.30. The van der Waals surface area contributed by atoms with Crippen molar-refractivity contribution in [3.8, 4) is 11.5 Å². The number of rotatable bonds is 12. The number of fused-ring (bicyclic) bond motifs is 1. The number of methoxy groups -OCH3 is 2. The molecule has 0 fully saturated rings. The normalized spacial score (nSPS) is 11.6. The first-order valence-corrected chi connectivity index (χ1v) is 15.8.